The average molecular weight is 188 g/mol. The molecule has 1 aliphatic rings. The highest BCUT2D eigenvalue weighted by Crippen LogP contribution is 2.27. The first kappa shape index (κ1) is 9.00. The van der Waals surface area contributed by atoms with Crippen LogP contribution in [0.2, 0.25) is 0 Å². The molecule has 0 N–H and O–H groups in total. The maximum atomic E-state index is 11.5. The first-order valence-electron chi connectivity index (χ1n) is 4.68. The Hall–Kier alpha value is -1.57. The molecule has 0 spiro atoms. The van der Waals surface area contributed by atoms with Gasteiger partial charge in [-0.3, -0.25) is 0 Å². The summed E-state index contributed by atoms with van der Waals surface area (Å²) in [6.45, 7) is 3.80. The number of rotatable bonds is 2. The Bertz CT molecular complexity index is 346. The summed E-state index contributed by atoms with van der Waals surface area (Å²) in [6, 6.07) is 9.06. The van der Waals surface area contributed by atoms with Gasteiger partial charge in [-0.2, -0.15) is 0 Å². The molecule has 72 valence electrons. The maximum absolute atomic E-state index is 11.5. The third-order valence-corrected chi connectivity index (χ3v) is 2.32. The van der Waals surface area contributed by atoms with Gasteiger partial charge in [0.15, 0.2) is 0 Å². The lowest BCUT2D eigenvalue weighted by Gasteiger charge is -2.27. The van der Waals surface area contributed by atoms with Gasteiger partial charge < -0.3 is 4.74 Å². The topological polar surface area (TPSA) is 26.3 Å². The zero-order valence-corrected chi connectivity index (χ0v) is 7.90. The quantitative estimate of drug-likeness (QED) is 0.526. The van der Waals surface area contributed by atoms with Crippen molar-refractivity contribution >= 4 is 5.97 Å². The normalized spacial score (nSPS) is 16.1. The lowest BCUT2D eigenvalue weighted by atomic mass is 9.90. The van der Waals surface area contributed by atoms with Crippen LogP contribution in [0.25, 0.3) is 0 Å². The third kappa shape index (κ3) is 1.84. The molecule has 0 unspecified atom stereocenters. The summed E-state index contributed by atoms with van der Waals surface area (Å²) in [5.74, 6) is -0.233. The molecule has 1 aromatic rings. The second-order valence-corrected chi connectivity index (χ2v) is 3.55. The number of ether oxygens (including phenoxy) is 1. The zero-order valence-electron chi connectivity index (χ0n) is 7.90. The van der Waals surface area contributed by atoms with E-state index in [1.54, 1.807) is 12.1 Å². The number of esters is 1. The SMILES string of the molecule is C=C1CC(OC(=O)c2ccccc2)C1. The monoisotopic (exact) mass is 188 g/mol. The van der Waals surface area contributed by atoms with Gasteiger partial charge in [0.05, 0.1) is 5.56 Å². The molecule has 1 saturated carbocycles. The highest BCUT2D eigenvalue weighted by Gasteiger charge is 2.25. The molecule has 0 bridgehead atoms. The van der Waals surface area contributed by atoms with Gasteiger partial charge in [-0.25, -0.2) is 4.79 Å². The Morgan fingerprint density at radius 3 is 2.50 bits per heavy atom. The van der Waals surface area contributed by atoms with Crippen LogP contribution >= 0.6 is 0 Å². The van der Waals surface area contributed by atoms with Crippen molar-refractivity contribution in [3.05, 3.63) is 48.0 Å². The van der Waals surface area contributed by atoms with E-state index in [0.29, 0.717) is 5.56 Å². The van der Waals surface area contributed by atoms with Gasteiger partial charge in [-0.15, -0.1) is 0 Å². The van der Waals surface area contributed by atoms with Gasteiger partial charge in [-0.05, 0) is 12.1 Å². The summed E-state index contributed by atoms with van der Waals surface area (Å²) in [5, 5.41) is 0. The predicted molar refractivity (Wildman–Crippen MR) is 54.0 cm³/mol. The van der Waals surface area contributed by atoms with Crippen LogP contribution in [0.5, 0.6) is 0 Å². The Labute approximate surface area is 83.2 Å². The highest BCUT2D eigenvalue weighted by molar-refractivity contribution is 5.89. The Kier molecular flexibility index (Phi) is 2.35. The molecule has 0 aliphatic heterocycles. The molecule has 1 fully saturated rings. The number of hydrogen-bond donors (Lipinski definition) is 0. The molecule has 0 saturated heterocycles. The Morgan fingerprint density at radius 1 is 1.29 bits per heavy atom. The molecule has 0 radical (unpaired) electrons. The summed E-state index contributed by atoms with van der Waals surface area (Å²) >= 11 is 0. The van der Waals surface area contributed by atoms with Gasteiger partial charge >= 0.3 is 5.97 Å². The van der Waals surface area contributed by atoms with Crippen molar-refractivity contribution in [1.29, 1.82) is 0 Å². The van der Waals surface area contributed by atoms with Crippen LogP contribution in [0.3, 0.4) is 0 Å². The summed E-state index contributed by atoms with van der Waals surface area (Å²) in [7, 11) is 0. The number of benzene rings is 1. The molecule has 1 aliphatic carbocycles. The van der Waals surface area contributed by atoms with Crippen molar-refractivity contribution in [2.75, 3.05) is 0 Å². The minimum atomic E-state index is -0.233. The van der Waals surface area contributed by atoms with E-state index in [4.69, 9.17) is 4.74 Å². The molecular formula is C12H12O2. The van der Waals surface area contributed by atoms with E-state index in [9.17, 15) is 4.79 Å². The van der Waals surface area contributed by atoms with Crippen molar-refractivity contribution < 1.29 is 9.53 Å². The van der Waals surface area contributed by atoms with E-state index in [2.05, 4.69) is 6.58 Å². The minimum absolute atomic E-state index is 0.0511. The molecule has 2 rings (SSSR count). The fourth-order valence-electron chi connectivity index (χ4n) is 1.46. The van der Waals surface area contributed by atoms with Gasteiger partial charge in [0.25, 0.3) is 0 Å². The van der Waals surface area contributed by atoms with E-state index < -0.39 is 0 Å². The summed E-state index contributed by atoms with van der Waals surface area (Å²) in [6.07, 6.45) is 1.69. The summed E-state index contributed by atoms with van der Waals surface area (Å²) in [5.41, 5.74) is 1.78. The lowest BCUT2D eigenvalue weighted by molar-refractivity contribution is 0.0211. The first-order chi connectivity index (χ1) is 6.75. The second-order valence-electron chi connectivity index (χ2n) is 3.55. The van der Waals surface area contributed by atoms with E-state index >= 15 is 0 Å². The van der Waals surface area contributed by atoms with Gasteiger partial charge in [0.1, 0.15) is 6.10 Å². The molecule has 2 heteroatoms. The van der Waals surface area contributed by atoms with Crippen molar-refractivity contribution in [1.82, 2.24) is 0 Å². The molecule has 0 heterocycles. The molecule has 1 aromatic carbocycles. The van der Waals surface area contributed by atoms with Crippen LogP contribution in [0.1, 0.15) is 23.2 Å². The molecule has 2 nitrogen and oxygen atoms in total. The van der Waals surface area contributed by atoms with Crippen molar-refractivity contribution in [2.45, 2.75) is 18.9 Å². The first-order valence-corrected chi connectivity index (χ1v) is 4.68. The smallest absolute Gasteiger partial charge is 0.338 e. The summed E-state index contributed by atoms with van der Waals surface area (Å²) < 4.78 is 5.24. The van der Waals surface area contributed by atoms with E-state index in [1.807, 2.05) is 18.2 Å². The second kappa shape index (κ2) is 3.66. The minimum Gasteiger partial charge on any atom is -0.458 e. The lowest BCUT2D eigenvalue weighted by Crippen LogP contribution is -2.26. The van der Waals surface area contributed by atoms with Crippen LogP contribution in [0, 0.1) is 0 Å². The van der Waals surface area contributed by atoms with E-state index in [0.717, 1.165) is 18.4 Å². The highest BCUT2D eigenvalue weighted by atomic mass is 16.5. The van der Waals surface area contributed by atoms with Crippen LogP contribution in [0.4, 0.5) is 0 Å². The van der Waals surface area contributed by atoms with Crippen molar-refractivity contribution in [3.63, 3.8) is 0 Å². The Morgan fingerprint density at radius 2 is 1.93 bits per heavy atom. The standard InChI is InChI=1S/C12H12O2/c1-9-7-11(8-9)14-12(13)10-5-3-2-4-6-10/h2-6,11H,1,7-8H2. The van der Waals surface area contributed by atoms with Gasteiger partial charge in [0.2, 0.25) is 0 Å². The van der Waals surface area contributed by atoms with Crippen LogP contribution < -0.4 is 0 Å². The van der Waals surface area contributed by atoms with Gasteiger partial charge in [0, 0.05) is 12.8 Å². The number of carbonyl (C=O) groups excluding carboxylic acids is 1. The molecule has 0 aromatic heterocycles. The van der Waals surface area contributed by atoms with Crippen molar-refractivity contribution in [2.24, 2.45) is 0 Å². The fourth-order valence-corrected chi connectivity index (χ4v) is 1.46. The number of carbonyl (C=O) groups is 1. The molecule has 0 atom stereocenters. The zero-order chi connectivity index (χ0) is 9.97. The van der Waals surface area contributed by atoms with Crippen LogP contribution in [-0.2, 0) is 4.74 Å². The molecular weight excluding hydrogens is 176 g/mol. The van der Waals surface area contributed by atoms with E-state index in [-0.39, 0.29) is 12.1 Å². The third-order valence-electron chi connectivity index (χ3n) is 2.32. The number of hydrogen-bond acceptors (Lipinski definition) is 2. The largest absolute Gasteiger partial charge is 0.458 e. The average Bonchev–Trinajstić information content (AvgIpc) is 2.17. The molecule has 14 heavy (non-hydrogen) atoms. The van der Waals surface area contributed by atoms with Crippen molar-refractivity contribution in [3.8, 4) is 0 Å². The fraction of sp³-hybridized carbons (Fsp3) is 0.250. The predicted octanol–water partition coefficient (Wildman–Crippen LogP) is 2.56. The Balaban J connectivity index is 1.93. The van der Waals surface area contributed by atoms with E-state index in [1.165, 1.54) is 0 Å². The van der Waals surface area contributed by atoms with Crippen LogP contribution in [-0.4, -0.2) is 12.1 Å². The van der Waals surface area contributed by atoms with Crippen LogP contribution in [0.15, 0.2) is 42.5 Å². The maximum Gasteiger partial charge on any atom is 0.338 e. The molecule has 0 amide bonds. The summed E-state index contributed by atoms with van der Waals surface area (Å²) in [4.78, 5) is 11.5. The van der Waals surface area contributed by atoms with Gasteiger partial charge in [-0.1, -0.05) is 30.4 Å².